The van der Waals surface area contributed by atoms with Crippen LogP contribution in [-0.2, 0) is 19.2 Å². The number of hydrogen-bond donors (Lipinski definition) is 3. The second-order valence-corrected chi connectivity index (χ2v) is 10.8. The molecule has 13 nitrogen and oxygen atoms in total. The molecule has 0 spiro atoms. The monoisotopic (exact) mass is 573 g/mol. The largest absolute Gasteiger partial charge is 0.477 e. The van der Waals surface area contributed by atoms with E-state index < -0.39 is 29.2 Å². The Kier molecular flexibility index (Phi) is 7.35. The quantitative estimate of drug-likeness (QED) is 0.146. The van der Waals surface area contributed by atoms with Crippen molar-refractivity contribution in [1.82, 2.24) is 25.4 Å². The number of oxime groups is 1. The summed E-state index contributed by atoms with van der Waals surface area (Å²) in [4.78, 5) is 48.0. The third-order valence-corrected chi connectivity index (χ3v) is 8.41. The van der Waals surface area contributed by atoms with Crippen LogP contribution in [0.25, 0.3) is 11.5 Å². The number of carbonyl (C=O) groups is 3. The number of carboxylic acid groups (broad SMARTS) is 1. The van der Waals surface area contributed by atoms with E-state index in [1.165, 1.54) is 35.5 Å². The first-order valence-electron chi connectivity index (χ1n) is 10.9. The lowest BCUT2D eigenvalue weighted by atomic mass is 10.0. The molecule has 4 N–H and O–H groups in total. The summed E-state index contributed by atoms with van der Waals surface area (Å²) in [6, 6.07) is 8.31. The second kappa shape index (κ2) is 10.8. The van der Waals surface area contributed by atoms with E-state index in [9.17, 15) is 19.5 Å². The minimum Gasteiger partial charge on any atom is -0.477 e. The molecule has 0 bridgehead atoms. The number of nitrogens with zero attached hydrogens (tertiary/aromatic N) is 5. The normalized spacial score (nSPS) is 19.1. The van der Waals surface area contributed by atoms with Gasteiger partial charge in [0.25, 0.3) is 17.0 Å². The molecule has 16 heteroatoms. The molecule has 2 aliphatic heterocycles. The van der Waals surface area contributed by atoms with Gasteiger partial charge in [0.2, 0.25) is 5.89 Å². The number of thioether (sulfide) groups is 2. The molecule has 0 unspecified atom stereocenters. The van der Waals surface area contributed by atoms with Crippen molar-refractivity contribution in [2.24, 2.45) is 5.16 Å². The highest BCUT2D eigenvalue weighted by molar-refractivity contribution is 8.01. The van der Waals surface area contributed by atoms with Gasteiger partial charge in [-0.3, -0.25) is 14.5 Å². The zero-order valence-corrected chi connectivity index (χ0v) is 22.0. The summed E-state index contributed by atoms with van der Waals surface area (Å²) < 4.78 is 5.68. The number of amides is 2. The van der Waals surface area contributed by atoms with Gasteiger partial charge >= 0.3 is 5.97 Å². The summed E-state index contributed by atoms with van der Waals surface area (Å²) >= 11 is 3.65. The van der Waals surface area contributed by atoms with Crippen molar-refractivity contribution in [3.8, 4) is 11.5 Å². The van der Waals surface area contributed by atoms with Gasteiger partial charge in [-0.2, -0.15) is 0 Å². The molecule has 4 heterocycles. The van der Waals surface area contributed by atoms with Crippen LogP contribution in [0.2, 0.25) is 0 Å². The minimum absolute atomic E-state index is 0.113. The van der Waals surface area contributed by atoms with Gasteiger partial charge in [-0.25, -0.2) is 9.78 Å². The molecule has 38 heavy (non-hydrogen) atoms. The Bertz CT molecular complexity index is 1450. The summed E-state index contributed by atoms with van der Waals surface area (Å²) in [6.45, 7) is 0. The van der Waals surface area contributed by atoms with Crippen molar-refractivity contribution >= 4 is 63.5 Å². The van der Waals surface area contributed by atoms with Gasteiger partial charge in [0.15, 0.2) is 10.8 Å². The molecule has 0 saturated carbocycles. The molecule has 1 fully saturated rings. The molecule has 3 aromatic rings. The van der Waals surface area contributed by atoms with E-state index in [0.717, 1.165) is 16.9 Å². The maximum absolute atomic E-state index is 13.0. The smallest absolute Gasteiger partial charge is 0.352 e. The first kappa shape index (κ1) is 25.7. The van der Waals surface area contributed by atoms with Crippen LogP contribution >= 0.6 is 34.9 Å². The number of carbonyl (C=O) groups excluding carboxylic acids is 2. The Morgan fingerprint density at radius 3 is 2.82 bits per heavy atom. The van der Waals surface area contributed by atoms with E-state index >= 15 is 0 Å². The summed E-state index contributed by atoms with van der Waals surface area (Å²) in [5, 5.41) is 25.8. The molecule has 0 radical (unpaired) electrons. The van der Waals surface area contributed by atoms with E-state index in [1.54, 1.807) is 5.38 Å². The Balaban J connectivity index is 1.28. The number of hydrogen-bond acceptors (Lipinski definition) is 13. The number of rotatable bonds is 9. The molecule has 2 aliphatic rings. The zero-order valence-electron chi connectivity index (χ0n) is 19.6. The van der Waals surface area contributed by atoms with Crippen LogP contribution in [0.1, 0.15) is 5.69 Å². The predicted molar refractivity (Wildman–Crippen MR) is 140 cm³/mol. The van der Waals surface area contributed by atoms with E-state index in [-0.39, 0.29) is 33.2 Å². The van der Waals surface area contributed by atoms with Crippen molar-refractivity contribution in [3.05, 3.63) is 52.7 Å². The van der Waals surface area contributed by atoms with Gasteiger partial charge < -0.3 is 25.4 Å². The summed E-state index contributed by atoms with van der Waals surface area (Å²) in [5.41, 5.74) is 6.89. The highest BCUT2D eigenvalue weighted by Crippen LogP contribution is 2.41. The Morgan fingerprint density at radius 2 is 2.13 bits per heavy atom. The van der Waals surface area contributed by atoms with Crippen LogP contribution < -0.4 is 11.1 Å². The summed E-state index contributed by atoms with van der Waals surface area (Å²) in [6.07, 6.45) is 0. The fourth-order valence-corrected chi connectivity index (χ4v) is 6.61. The number of thiazole rings is 1. The number of aromatic nitrogens is 3. The predicted octanol–water partition coefficient (Wildman–Crippen LogP) is 1.66. The van der Waals surface area contributed by atoms with Crippen LogP contribution in [0.15, 0.2) is 61.8 Å². The van der Waals surface area contributed by atoms with Crippen LogP contribution in [0.5, 0.6) is 0 Å². The number of nitrogens with one attached hydrogen (secondary N) is 1. The maximum atomic E-state index is 13.0. The minimum atomic E-state index is -1.24. The van der Waals surface area contributed by atoms with E-state index in [4.69, 9.17) is 15.0 Å². The van der Waals surface area contributed by atoms with Gasteiger partial charge in [-0.1, -0.05) is 35.1 Å². The highest BCUT2D eigenvalue weighted by Gasteiger charge is 2.54. The van der Waals surface area contributed by atoms with E-state index in [1.807, 2.05) is 30.3 Å². The SMILES string of the molecule is CON=C(C(=O)N[C@@H]1C(=O)N2C(C(=O)O)=C(CSc3nnc(-c4ccccc4)o3)CS[C@@H]12)c1csc(N)n1. The number of aliphatic carboxylic acids is 1. The van der Waals surface area contributed by atoms with Gasteiger partial charge in [-0.15, -0.1) is 33.3 Å². The lowest BCUT2D eigenvalue weighted by Gasteiger charge is -2.49. The van der Waals surface area contributed by atoms with Gasteiger partial charge in [0.1, 0.15) is 29.9 Å². The standard InChI is InChI=1S/C22H19N7O6S3/c1-34-28-13(12-9-37-21(23)24-12)16(30)25-14-18(31)29-15(20(32)33)11(7-36-19(14)29)8-38-22-27-26-17(35-22)10-5-3-2-4-6-10/h2-6,9,14,19H,7-8H2,1H3,(H2,23,24)(H,25,30)(H,32,33)/t14-,19+/m1/s1. The molecule has 2 atom stereocenters. The van der Waals surface area contributed by atoms with Crippen molar-refractivity contribution in [2.75, 3.05) is 24.3 Å². The van der Waals surface area contributed by atoms with Gasteiger partial charge in [-0.05, 0) is 17.7 Å². The first-order chi connectivity index (χ1) is 18.4. The molecular formula is C22H19N7O6S3. The topological polar surface area (TPSA) is 186 Å². The molecule has 2 aromatic heterocycles. The number of benzene rings is 1. The number of fused-ring (bicyclic) bond motifs is 1. The molecule has 0 aliphatic carbocycles. The van der Waals surface area contributed by atoms with Crippen LogP contribution in [0.3, 0.4) is 0 Å². The Labute approximate surface area is 227 Å². The fraction of sp³-hybridized carbons (Fsp3) is 0.227. The molecule has 5 rings (SSSR count). The van der Waals surface area contributed by atoms with Crippen molar-refractivity contribution < 1.29 is 28.7 Å². The van der Waals surface area contributed by atoms with Crippen molar-refractivity contribution in [1.29, 1.82) is 0 Å². The maximum Gasteiger partial charge on any atom is 0.352 e. The summed E-state index contributed by atoms with van der Waals surface area (Å²) in [7, 11) is 1.27. The molecular weight excluding hydrogens is 554 g/mol. The lowest BCUT2D eigenvalue weighted by molar-refractivity contribution is -0.150. The van der Waals surface area contributed by atoms with Crippen molar-refractivity contribution in [2.45, 2.75) is 16.6 Å². The number of carboxylic acids is 1. The van der Waals surface area contributed by atoms with Gasteiger partial charge in [0, 0.05) is 22.4 Å². The highest BCUT2D eigenvalue weighted by atomic mass is 32.2. The van der Waals surface area contributed by atoms with Crippen molar-refractivity contribution in [3.63, 3.8) is 0 Å². The summed E-state index contributed by atoms with van der Waals surface area (Å²) in [5.74, 6) is -1.56. The Morgan fingerprint density at radius 1 is 1.34 bits per heavy atom. The van der Waals surface area contributed by atoms with E-state index in [0.29, 0.717) is 17.2 Å². The average Bonchev–Trinajstić information content (AvgIpc) is 3.58. The Hall–Kier alpha value is -3.89. The zero-order chi connectivity index (χ0) is 26.8. The van der Waals surface area contributed by atoms with Gasteiger partial charge in [0.05, 0.1) is 0 Å². The molecule has 1 saturated heterocycles. The number of nitrogen functional groups attached to an aromatic ring is 1. The molecule has 2 amide bonds. The third kappa shape index (κ3) is 4.97. The van der Waals surface area contributed by atoms with Crippen LogP contribution in [-0.4, -0.2) is 78.7 Å². The second-order valence-electron chi connectivity index (χ2n) is 7.84. The van der Waals surface area contributed by atoms with Crippen LogP contribution in [0.4, 0.5) is 5.13 Å². The third-order valence-electron chi connectivity index (χ3n) is 5.50. The lowest BCUT2D eigenvalue weighted by Crippen LogP contribution is -2.71. The van der Waals surface area contributed by atoms with Crippen LogP contribution in [0, 0.1) is 0 Å². The van der Waals surface area contributed by atoms with E-state index in [2.05, 4.69) is 25.7 Å². The fourth-order valence-electron chi connectivity index (χ4n) is 3.81. The molecule has 1 aromatic carbocycles. The molecule has 196 valence electrons. The number of nitrogens with two attached hydrogens (primary N) is 1. The number of β-lactam (4-membered cyclic amide) rings is 1. The first-order valence-corrected chi connectivity index (χ1v) is 13.8. The average molecular weight is 574 g/mol. The number of anilines is 1.